The normalized spacial score (nSPS) is 21.0. The molecule has 0 spiro atoms. The van der Waals surface area contributed by atoms with Crippen molar-refractivity contribution < 1.29 is 9.69 Å². The first-order chi connectivity index (χ1) is 11.5. The van der Waals surface area contributed by atoms with Gasteiger partial charge in [-0.05, 0) is 44.2 Å². The summed E-state index contributed by atoms with van der Waals surface area (Å²) in [6.45, 7) is 8.29. The van der Waals surface area contributed by atoms with Gasteiger partial charge >= 0.3 is 0 Å². The number of hydrogen-bond donors (Lipinski definition) is 2. The molecule has 1 aromatic carbocycles. The smallest absolute Gasteiger partial charge is 0.276 e. The number of piperazine rings is 1. The summed E-state index contributed by atoms with van der Waals surface area (Å²) < 4.78 is 0. The molecule has 0 radical (unpaired) electrons. The third-order valence-corrected chi connectivity index (χ3v) is 5.36. The van der Waals surface area contributed by atoms with Gasteiger partial charge in [-0.2, -0.15) is 5.26 Å². The predicted molar refractivity (Wildman–Crippen MR) is 93.8 cm³/mol. The molecule has 2 N–H and O–H groups in total. The number of aryl methyl sites for hydroxylation is 1. The first kappa shape index (κ1) is 16.8. The number of nitriles is 1. The van der Waals surface area contributed by atoms with Gasteiger partial charge in [0.1, 0.15) is 5.54 Å². The highest BCUT2D eigenvalue weighted by atomic mass is 16.2. The molecular weight excluding hydrogens is 300 g/mol. The Kier molecular flexibility index (Phi) is 4.77. The summed E-state index contributed by atoms with van der Waals surface area (Å²) in [6, 6.07) is 10.7. The van der Waals surface area contributed by atoms with Crippen LogP contribution in [0.1, 0.15) is 25.3 Å². The summed E-state index contributed by atoms with van der Waals surface area (Å²) in [7, 11) is 0. The van der Waals surface area contributed by atoms with Crippen molar-refractivity contribution in [2.24, 2.45) is 5.92 Å². The maximum Gasteiger partial charge on any atom is 0.276 e. The van der Waals surface area contributed by atoms with Crippen molar-refractivity contribution in [2.75, 3.05) is 37.6 Å². The molecule has 3 rings (SSSR count). The molecule has 1 aliphatic heterocycles. The van der Waals surface area contributed by atoms with Gasteiger partial charge in [-0.25, -0.2) is 0 Å². The molecular formula is C19H27N4O+. The zero-order valence-electron chi connectivity index (χ0n) is 14.6. The molecule has 0 bridgehead atoms. The molecule has 128 valence electrons. The number of nitrogens with zero attached hydrogens (tertiary/aromatic N) is 2. The molecule has 1 heterocycles. The fourth-order valence-corrected chi connectivity index (χ4v) is 3.60. The summed E-state index contributed by atoms with van der Waals surface area (Å²) in [6.07, 6.45) is 2.10. The van der Waals surface area contributed by atoms with E-state index in [0.29, 0.717) is 12.5 Å². The second-order valence-corrected chi connectivity index (χ2v) is 7.34. The van der Waals surface area contributed by atoms with Gasteiger partial charge < -0.3 is 15.1 Å². The number of para-hydroxylation sites is 1. The number of anilines is 1. The van der Waals surface area contributed by atoms with Crippen LogP contribution < -0.4 is 15.1 Å². The SMILES string of the molecule is Cc1ccccc1N1CC[NH+](CC(=O)N[C@@](C)(C#N)C2CC2)CC1. The Bertz CT molecular complexity index is 641. The zero-order chi connectivity index (χ0) is 17.2. The number of amides is 1. The average Bonchev–Trinajstić information content (AvgIpc) is 3.41. The van der Waals surface area contributed by atoms with Crippen molar-refractivity contribution in [3.63, 3.8) is 0 Å². The van der Waals surface area contributed by atoms with E-state index in [1.807, 2.05) is 6.92 Å². The van der Waals surface area contributed by atoms with Crippen LogP contribution in [0.4, 0.5) is 5.69 Å². The molecule has 1 aromatic rings. The molecule has 0 unspecified atom stereocenters. The van der Waals surface area contributed by atoms with Crippen LogP contribution in [0.15, 0.2) is 24.3 Å². The highest BCUT2D eigenvalue weighted by Gasteiger charge is 2.43. The number of rotatable bonds is 5. The first-order valence-electron chi connectivity index (χ1n) is 8.88. The highest BCUT2D eigenvalue weighted by Crippen LogP contribution is 2.39. The molecule has 1 saturated heterocycles. The number of benzene rings is 1. The van der Waals surface area contributed by atoms with Gasteiger partial charge in [-0.3, -0.25) is 4.79 Å². The Morgan fingerprint density at radius 2 is 2.04 bits per heavy atom. The van der Waals surface area contributed by atoms with Crippen LogP contribution in [-0.4, -0.2) is 44.2 Å². The Balaban J connectivity index is 1.50. The minimum Gasteiger partial charge on any atom is -0.360 e. The Labute approximate surface area is 144 Å². The van der Waals surface area contributed by atoms with E-state index in [2.05, 4.69) is 47.5 Å². The van der Waals surface area contributed by atoms with Crippen LogP contribution in [0.2, 0.25) is 0 Å². The van der Waals surface area contributed by atoms with Gasteiger partial charge in [0.05, 0.1) is 32.2 Å². The monoisotopic (exact) mass is 327 g/mol. The van der Waals surface area contributed by atoms with Crippen molar-refractivity contribution in [2.45, 2.75) is 32.2 Å². The first-order valence-corrected chi connectivity index (χ1v) is 8.88. The largest absolute Gasteiger partial charge is 0.360 e. The lowest BCUT2D eigenvalue weighted by atomic mass is 9.98. The fraction of sp³-hybridized carbons (Fsp3) is 0.579. The molecule has 1 saturated carbocycles. The lowest BCUT2D eigenvalue weighted by molar-refractivity contribution is -0.892. The number of hydrogen-bond acceptors (Lipinski definition) is 3. The van der Waals surface area contributed by atoms with E-state index in [4.69, 9.17) is 0 Å². The molecule has 2 fully saturated rings. The lowest BCUT2D eigenvalue weighted by Gasteiger charge is -2.34. The van der Waals surface area contributed by atoms with Crippen LogP contribution in [0, 0.1) is 24.2 Å². The van der Waals surface area contributed by atoms with Crippen LogP contribution in [0.25, 0.3) is 0 Å². The number of carbonyl (C=O) groups excluding carboxylic acids is 1. The Hall–Kier alpha value is -2.06. The number of carbonyl (C=O) groups is 1. The maximum absolute atomic E-state index is 12.3. The quantitative estimate of drug-likeness (QED) is 0.828. The zero-order valence-corrected chi connectivity index (χ0v) is 14.6. The molecule has 1 aliphatic carbocycles. The predicted octanol–water partition coefficient (Wildman–Crippen LogP) is 0.508. The Morgan fingerprint density at radius 3 is 2.62 bits per heavy atom. The molecule has 5 heteroatoms. The van der Waals surface area contributed by atoms with Crippen molar-refractivity contribution in [1.29, 1.82) is 5.26 Å². The summed E-state index contributed by atoms with van der Waals surface area (Å²) in [5, 5.41) is 12.3. The van der Waals surface area contributed by atoms with Gasteiger partial charge in [0.25, 0.3) is 5.91 Å². The van der Waals surface area contributed by atoms with E-state index < -0.39 is 5.54 Å². The number of quaternary nitrogens is 1. The molecule has 1 amide bonds. The minimum absolute atomic E-state index is 0.00490. The summed E-state index contributed by atoms with van der Waals surface area (Å²) in [5.41, 5.74) is 1.92. The van der Waals surface area contributed by atoms with E-state index in [1.54, 1.807) is 0 Å². The standard InChI is InChI=1S/C19H26N4O/c1-15-5-3-4-6-17(15)23-11-9-22(10-12-23)13-18(24)21-19(2,14-20)16-7-8-16/h3-6,16H,7-13H2,1-2H3,(H,21,24)/p+1/t19-/m0/s1. The average molecular weight is 327 g/mol. The second kappa shape index (κ2) is 6.82. The Morgan fingerprint density at radius 1 is 1.38 bits per heavy atom. The van der Waals surface area contributed by atoms with Gasteiger partial charge in [0.2, 0.25) is 0 Å². The molecule has 5 nitrogen and oxygen atoms in total. The van der Waals surface area contributed by atoms with Crippen molar-refractivity contribution in [3.05, 3.63) is 29.8 Å². The van der Waals surface area contributed by atoms with Gasteiger partial charge in [-0.15, -0.1) is 0 Å². The van der Waals surface area contributed by atoms with Gasteiger partial charge in [0, 0.05) is 5.69 Å². The van der Waals surface area contributed by atoms with E-state index in [-0.39, 0.29) is 5.91 Å². The molecule has 2 aliphatic rings. The van der Waals surface area contributed by atoms with Crippen LogP contribution >= 0.6 is 0 Å². The summed E-state index contributed by atoms with van der Waals surface area (Å²) in [4.78, 5) is 16.0. The van der Waals surface area contributed by atoms with E-state index in [9.17, 15) is 10.1 Å². The van der Waals surface area contributed by atoms with Crippen LogP contribution in [0.3, 0.4) is 0 Å². The van der Waals surface area contributed by atoms with Crippen molar-refractivity contribution in [1.82, 2.24) is 5.32 Å². The second-order valence-electron chi connectivity index (χ2n) is 7.34. The van der Waals surface area contributed by atoms with Crippen LogP contribution in [0.5, 0.6) is 0 Å². The highest BCUT2D eigenvalue weighted by molar-refractivity contribution is 5.78. The topological polar surface area (TPSA) is 60.6 Å². The molecule has 0 aromatic heterocycles. The van der Waals surface area contributed by atoms with Crippen LogP contribution in [-0.2, 0) is 4.79 Å². The van der Waals surface area contributed by atoms with Crippen molar-refractivity contribution in [3.8, 4) is 6.07 Å². The van der Waals surface area contributed by atoms with Crippen molar-refractivity contribution >= 4 is 11.6 Å². The summed E-state index contributed by atoms with van der Waals surface area (Å²) >= 11 is 0. The maximum atomic E-state index is 12.3. The van der Waals surface area contributed by atoms with E-state index >= 15 is 0 Å². The van der Waals surface area contributed by atoms with E-state index in [1.165, 1.54) is 16.2 Å². The third-order valence-electron chi connectivity index (χ3n) is 5.36. The van der Waals surface area contributed by atoms with E-state index in [0.717, 1.165) is 39.0 Å². The molecule has 24 heavy (non-hydrogen) atoms. The van der Waals surface area contributed by atoms with Gasteiger partial charge in [-0.1, -0.05) is 18.2 Å². The van der Waals surface area contributed by atoms with Gasteiger partial charge in [0.15, 0.2) is 6.54 Å². The summed E-state index contributed by atoms with van der Waals surface area (Å²) in [5.74, 6) is 0.338. The fourth-order valence-electron chi connectivity index (χ4n) is 3.60. The number of nitrogens with one attached hydrogen (secondary N) is 2. The molecule has 1 atom stereocenters. The third kappa shape index (κ3) is 3.70. The lowest BCUT2D eigenvalue weighted by Crippen LogP contribution is -3.16. The minimum atomic E-state index is -0.681.